The van der Waals surface area contributed by atoms with Crippen molar-refractivity contribution in [2.45, 2.75) is 67.5 Å². The van der Waals surface area contributed by atoms with Crippen LogP contribution >= 0.6 is 0 Å². The van der Waals surface area contributed by atoms with Gasteiger partial charge in [0.1, 0.15) is 0 Å². The van der Waals surface area contributed by atoms with Gasteiger partial charge in [-0.15, -0.1) is 12.8 Å². The maximum Gasteiger partial charge on any atom is -1.00 e. The summed E-state index contributed by atoms with van der Waals surface area (Å²) in [7, 11) is 0. The zero-order valence-corrected chi connectivity index (χ0v) is 22.6. The molecule has 0 aromatic carbocycles. The molecule has 0 saturated heterocycles. The summed E-state index contributed by atoms with van der Waals surface area (Å²) in [6.07, 6.45) is 17.3. The van der Waals surface area contributed by atoms with Crippen molar-refractivity contribution in [2.24, 2.45) is 10.8 Å². The molecule has 0 aliphatic heterocycles. The van der Waals surface area contributed by atoms with Crippen LogP contribution < -0.4 is 24.8 Å². The second kappa shape index (κ2) is 13.8. The van der Waals surface area contributed by atoms with Gasteiger partial charge in [0.15, 0.2) is 0 Å². The van der Waals surface area contributed by atoms with Crippen LogP contribution in [-0.2, 0) is 23.0 Å². The molecule has 0 fully saturated rings. The zero-order chi connectivity index (χ0) is 17.4. The molecule has 0 unspecified atom stereocenters. The largest absolute Gasteiger partial charge is 1.00 e. The summed E-state index contributed by atoms with van der Waals surface area (Å²) in [6, 6.07) is 0. The average Bonchev–Trinajstić information content (AvgIpc) is 3.02. The number of hydrogen-bond acceptors (Lipinski definition) is 0. The van der Waals surface area contributed by atoms with E-state index < -0.39 is 0 Å². The van der Waals surface area contributed by atoms with E-state index in [-0.39, 0.29) is 30.3 Å². The molecule has 0 amide bonds. The van der Waals surface area contributed by atoms with E-state index in [1.54, 1.807) is 0 Å². The zero-order valence-electron chi connectivity index (χ0n) is 16.5. The van der Waals surface area contributed by atoms with Gasteiger partial charge < -0.3 is 24.8 Å². The predicted octanol–water partition coefficient (Wildman–Crippen LogP) is 0.236. The Labute approximate surface area is 178 Å². The molecule has 0 radical (unpaired) electrons. The molecule has 136 valence electrons. The molecular weight excluding hydrogens is 518 g/mol. The first kappa shape index (κ1) is 29.4. The quantitative estimate of drug-likeness (QED) is 0.300. The van der Waals surface area contributed by atoms with Crippen molar-refractivity contribution < 1.29 is 47.8 Å². The normalized spacial score (nSPS) is 14.9. The molecule has 0 saturated carbocycles. The molecule has 0 nitrogen and oxygen atoms in total. The molecule has 0 aromatic heterocycles. The van der Waals surface area contributed by atoms with Crippen molar-refractivity contribution in [3.8, 4) is 0 Å². The molecule has 0 bridgehead atoms. The molecule has 2 aliphatic carbocycles. The number of halogens is 2. The van der Waals surface area contributed by atoms with Crippen molar-refractivity contribution in [1.82, 2.24) is 0 Å². The second-order valence-electron chi connectivity index (χ2n) is 7.89. The fraction of sp³-hybridized carbons (Fsp3) is 0.600. The number of hydrogen-bond donors (Lipinski definition) is 0. The van der Waals surface area contributed by atoms with E-state index in [0.29, 0.717) is 10.8 Å². The molecule has 4 heteroatoms. The fourth-order valence-corrected chi connectivity index (χ4v) is 1.84. The van der Waals surface area contributed by atoms with E-state index in [1.165, 1.54) is 34.1 Å². The minimum atomic E-state index is 0. The van der Waals surface area contributed by atoms with Gasteiger partial charge in [0.25, 0.3) is 0 Å². The van der Waals surface area contributed by atoms with Crippen LogP contribution in [0.5, 0.6) is 0 Å². The van der Waals surface area contributed by atoms with Crippen LogP contribution in [0.3, 0.4) is 0 Å². The standard InChI is InChI=1S/2C9H13.C2H6Si.2ClH.Hf/c2*1-9(2,3)8-6-4-5-7-8;1-3-2;;;/h2*4,6H,5H2,1-3H3;1-2H3;2*1H;/q2*-1;;;;+2/p-2. The van der Waals surface area contributed by atoms with E-state index >= 15 is 0 Å². The maximum atomic E-state index is 3.30. The topological polar surface area (TPSA) is 0 Å². The molecule has 0 aromatic rings. The maximum absolute atomic E-state index is 3.30. The first-order valence-electron chi connectivity index (χ1n) is 8.02. The molecule has 2 aliphatic rings. The number of rotatable bonds is 0. The van der Waals surface area contributed by atoms with E-state index in [2.05, 4.69) is 91.1 Å². The van der Waals surface area contributed by atoms with Gasteiger partial charge in [-0.25, -0.2) is 23.3 Å². The third-order valence-corrected chi connectivity index (χ3v) is 3.01. The molecule has 0 atom stereocenters. The van der Waals surface area contributed by atoms with Gasteiger partial charge in [0.05, 0.1) is 0 Å². The van der Waals surface area contributed by atoms with Crippen LogP contribution in [0.25, 0.3) is 0 Å². The Kier molecular flexibility index (Phi) is 16.9. The Balaban J connectivity index is -0.000000283. The Bertz CT molecular complexity index is 443. The van der Waals surface area contributed by atoms with Crippen LogP contribution in [0.4, 0.5) is 0 Å². The van der Waals surface area contributed by atoms with Crippen LogP contribution in [0, 0.1) is 23.0 Å². The van der Waals surface area contributed by atoms with Gasteiger partial charge in [0.2, 0.25) is 0 Å². The van der Waals surface area contributed by atoms with Crippen molar-refractivity contribution in [1.29, 1.82) is 0 Å². The molecule has 0 N–H and O–H groups in total. The fourth-order valence-electron chi connectivity index (χ4n) is 1.84. The third-order valence-electron chi connectivity index (χ3n) is 3.01. The molecule has 0 spiro atoms. The van der Waals surface area contributed by atoms with Gasteiger partial charge in [-0.2, -0.15) is 12.2 Å². The SMILES string of the molecule is CC(C)(C)C1=[C-]CC=C1.CC(C)(C)C1=[C-]CC=C1.C[Si](C)=[Hf+2].[Cl-].[Cl-]. The first-order chi connectivity index (χ1) is 9.94. The van der Waals surface area contributed by atoms with Crippen molar-refractivity contribution >= 4 is 5.49 Å². The predicted molar refractivity (Wildman–Crippen MR) is 97.4 cm³/mol. The van der Waals surface area contributed by atoms with Gasteiger partial charge in [0, 0.05) is 0 Å². The summed E-state index contributed by atoms with van der Waals surface area (Å²) in [6.45, 7) is 17.9. The van der Waals surface area contributed by atoms with E-state index in [9.17, 15) is 0 Å². The van der Waals surface area contributed by atoms with Gasteiger partial charge in [-0.1, -0.05) is 41.5 Å². The van der Waals surface area contributed by atoms with Crippen LogP contribution in [-0.4, -0.2) is 5.49 Å². The van der Waals surface area contributed by atoms with Gasteiger partial charge in [-0.3, -0.25) is 12.2 Å². The van der Waals surface area contributed by atoms with E-state index in [0.717, 1.165) is 12.8 Å². The van der Waals surface area contributed by atoms with Crippen LogP contribution in [0.15, 0.2) is 35.5 Å². The van der Waals surface area contributed by atoms with E-state index in [4.69, 9.17) is 0 Å². The minimum Gasteiger partial charge on any atom is -1.00 e. The van der Waals surface area contributed by atoms with Crippen LogP contribution in [0.1, 0.15) is 54.4 Å². The summed E-state index contributed by atoms with van der Waals surface area (Å²) >= 11 is 1.45. The molecule has 24 heavy (non-hydrogen) atoms. The minimum absolute atomic E-state index is 0. The van der Waals surface area contributed by atoms with Crippen molar-refractivity contribution in [2.75, 3.05) is 0 Å². The number of allylic oxidation sites excluding steroid dienone is 8. The van der Waals surface area contributed by atoms with Gasteiger partial charge in [-0.05, 0) is 10.8 Å². The monoisotopic (exact) mass is 550 g/mol. The summed E-state index contributed by atoms with van der Waals surface area (Å²) in [5.74, 6) is 0. The molecular formula is C20H32Cl2HfSi-2. The van der Waals surface area contributed by atoms with E-state index in [1.807, 2.05) is 0 Å². The summed E-state index contributed by atoms with van der Waals surface area (Å²) in [4.78, 5) is 0. The van der Waals surface area contributed by atoms with Crippen LogP contribution in [0.2, 0.25) is 13.1 Å². The third kappa shape index (κ3) is 14.9. The Hall–Kier alpha value is 0.627. The Morgan fingerprint density at radius 2 is 1.04 bits per heavy atom. The Morgan fingerprint density at radius 1 is 0.792 bits per heavy atom. The van der Waals surface area contributed by atoms with Gasteiger partial charge >= 0.3 is 41.6 Å². The van der Waals surface area contributed by atoms with Crippen molar-refractivity contribution in [3.63, 3.8) is 0 Å². The average molecular weight is 550 g/mol. The molecule has 0 heterocycles. The summed E-state index contributed by atoms with van der Waals surface area (Å²) in [5.41, 5.74) is 3.56. The molecule has 2 rings (SSSR count). The second-order valence-corrected chi connectivity index (χ2v) is 20.7. The smallest absolute Gasteiger partial charge is 1.00 e. The van der Waals surface area contributed by atoms with Crippen molar-refractivity contribution in [3.05, 3.63) is 47.6 Å². The summed E-state index contributed by atoms with van der Waals surface area (Å²) in [5, 5.41) is 0. The Morgan fingerprint density at radius 3 is 1.12 bits per heavy atom. The first-order valence-corrected chi connectivity index (χ1v) is 15.9. The summed E-state index contributed by atoms with van der Waals surface area (Å²) < 4.78 is 0.